The molecule has 1 aromatic heterocycles. The molecule has 1 saturated heterocycles. The number of guanidine groups is 1. The van der Waals surface area contributed by atoms with Gasteiger partial charge in [-0.05, 0) is 49.6 Å². The summed E-state index contributed by atoms with van der Waals surface area (Å²) in [4.78, 5) is 30.4. The van der Waals surface area contributed by atoms with Crippen molar-refractivity contribution < 1.29 is 18.7 Å². The first-order valence-electron chi connectivity index (χ1n) is 10.2. The molecule has 1 aromatic carbocycles. The number of nitrogens with zero attached hydrogens (tertiary/aromatic N) is 2. The van der Waals surface area contributed by atoms with Crippen LogP contribution in [-0.4, -0.2) is 49.5 Å². The molecule has 9 heteroatoms. The Labute approximate surface area is 199 Å². The van der Waals surface area contributed by atoms with Gasteiger partial charge in [-0.15, -0.1) is 24.0 Å². The van der Waals surface area contributed by atoms with Crippen LogP contribution in [0, 0.1) is 5.92 Å². The first kappa shape index (κ1) is 24.7. The maximum Gasteiger partial charge on any atom is 0.309 e. The Bertz CT molecular complexity index is 860. The van der Waals surface area contributed by atoms with E-state index >= 15 is 0 Å². The van der Waals surface area contributed by atoms with Crippen molar-refractivity contribution >= 4 is 47.5 Å². The fourth-order valence-corrected chi connectivity index (χ4v) is 3.41. The van der Waals surface area contributed by atoms with Gasteiger partial charge in [-0.3, -0.25) is 14.6 Å². The van der Waals surface area contributed by atoms with E-state index in [9.17, 15) is 9.59 Å². The summed E-state index contributed by atoms with van der Waals surface area (Å²) in [7, 11) is 1.76. The average molecular weight is 540 g/mol. The molecule has 0 aliphatic carbocycles. The van der Waals surface area contributed by atoms with Crippen LogP contribution < -0.4 is 10.6 Å². The van der Waals surface area contributed by atoms with E-state index in [0.29, 0.717) is 18.8 Å². The van der Waals surface area contributed by atoms with Gasteiger partial charge in [-0.25, -0.2) is 0 Å². The van der Waals surface area contributed by atoms with Gasteiger partial charge in [0.2, 0.25) is 0 Å². The predicted molar refractivity (Wildman–Crippen MR) is 130 cm³/mol. The monoisotopic (exact) mass is 540 g/mol. The zero-order valence-corrected chi connectivity index (χ0v) is 20.1. The second kappa shape index (κ2) is 12.3. The number of halogens is 1. The number of esters is 1. The Morgan fingerprint density at radius 3 is 2.48 bits per heavy atom. The Balaban J connectivity index is 0.00000341. The highest BCUT2D eigenvalue weighted by molar-refractivity contribution is 14.0. The van der Waals surface area contributed by atoms with Crippen LogP contribution >= 0.6 is 24.0 Å². The lowest BCUT2D eigenvalue weighted by Crippen LogP contribution is -2.46. The van der Waals surface area contributed by atoms with Gasteiger partial charge in [0, 0.05) is 32.4 Å². The van der Waals surface area contributed by atoms with Crippen LogP contribution in [0.3, 0.4) is 0 Å². The van der Waals surface area contributed by atoms with Gasteiger partial charge in [0.1, 0.15) is 0 Å². The molecule has 1 fully saturated rings. The molecule has 2 N–H and O–H groups in total. The van der Waals surface area contributed by atoms with Crippen molar-refractivity contribution in [3.05, 3.63) is 54.0 Å². The van der Waals surface area contributed by atoms with Crippen LogP contribution in [0.5, 0.6) is 0 Å². The average Bonchev–Trinajstić information content (AvgIpc) is 3.31. The highest BCUT2D eigenvalue weighted by Crippen LogP contribution is 2.19. The molecule has 168 valence electrons. The molecule has 0 unspecified atom stereocenters. The highest BCUT2D eigenvalue weighted by Gasteiger charge is 2.27. The third kappa shape index (κ3) is 6.98. The zero-order valence-electron chi connectivity index (χ0n) is 17.8. The number of carbonyl (C=O) groups is 2. The van der Waals surface area contributed by atoms with Gasteiger partial charge < -0.3 is 24.7 Å². The highest BCUT2D eigenvalue weighted by atomic mass is 127. The molecule has 8 nitrogen and oxygen atoms in total. The topological polar surface area (TPSA) is 96.2 Å². The Morgan fingerprint density at radius 2 is 1.90 bits per heavy atom. The minimum Gasteiger partial charge on any atom is -0.466 e. The van der Waals surface area contributed by atoms with Crippen LogP contribution in [0.1, 0.15) is 35.9 Å². The normalized spacial score (nSPS) is 14.5. The number of likely N-dealkylation sites (tertiary alicyclic amines) is 1. The third-order valence-corrected chi connectivity index (χ3v) is 5.03. The van der Waals surface area contributed by atoms with Crippen molar-refractivity contribution in [2.45, 2.75) is 26.3 Å². The Morgan fingerprint density at radius 1 is 1.19 bits per heavy atom. The molecule has 0 spiro atoms. The summed E-state index contributed by atoms with van der Waals surface area (Å²) < 4.78 is 10.2. The smallest absolute Gasteiger partial charge is 0.309 e. The molecule has 1 amide bonds. The summed E-state index contributed by atoms with van der Waals surface area (Å²) in [5.74, 6) is 0.684. The molecule has 0 saturated carbocycles. The molecule has 3 rings (SSSR count). The van der Waals surface area contributed by atoms with E-state index in [0.717, 1.165) is 37.5 Å². The number of carbonyl (C=O) groups excluding carboxylic acids is 2. The SMILES string of the molecule is CCOC(=O)C1CCN(C(=NC)NCc2ccc(NC(=O)c3ccco3)cc2)CC1.I. The number of hydrogen-bond acceptors (Lipinski definition) is 5. The fraction of sp³-hybridized carbons (Fsp3) is 0.409. The number of anilines is 1. The minimum absolute atomic E-state index is 0. The molecular formula is C22H29IN4O4. The number of rotatable bonds is 6. The third-order valence-electron chi connectivity index (χ3n) is 5.03. The van der Waals surface area contributed by atoms with E-state index in [-0.39, 0.29) is 47.5 Å². The molecule has 1 aliphatic rings. The summed E-state index contributed by atoms with van der Waals surface area (Å²) in [5.41, 5.74) is 1.76. The Hall–Kier alpha value is -2.56. The standard InChI is InChI=1S/C22H28N4O4.HI/c1-3-29-21(28)17-10-12-26(13-11-17)22(23-2)24-15-16-6-8-18(9-7-16)25-20(27)19-5-4-14-30-19;/h4-9,14,17H,3,10-13,15H2,1-2H3,(H,23,24)(H,25,27);1H. The summed E-state index contributed by atoms with van der Waals surface area (Å²) in [6, 6.07) is 10.9. The predicted octanol–water partition coefficient (Wildman–Crippen LogP) is 3.50. The lowest BCUT2D eigenvalue weighted by Gasteiger charge is -2.33. The van der Waals surface area contributed by atoms with Crippen LogP contribution in [0.4, 0.5) is 5.69 Å². The van der Waals surface area contributed by atoms with Gasteiger partial charge in [0.25, 0.3) is 5.91 Å². The van der Waals surface area contributed by atoms with Gasteiger partial charge in [-0.1, -0.05) is 12.1 Å². The summed E-state index contributed by atoms with van der Waals surface area (Å²) in [6.45, 7) is 4.39. The van der Waals surface area contributed by atoms with Crippen molar-refractivity contribution in [1.82, 2.24) is 10.2 Å². The second-order valence-electron chi connectivity index (χ2n) is 7.04. The largest absolute Gasteiger partial charge is 0.466 e. The van der Waals surface area contributed by atoms with Crippen molar-refractivity contribution in [2.24, 2.45) is 10.9 Å². The number of aliphatic imine (C=N–C) groups is 1. The number of furan rings is 1. The number of benzene rings is 1. The van der Waals surface area contributed by atoms with E-state index in [1.807, 2.05) is 31.2 Å². The summed E-state index contributed by atoms with van der Waals surface area (Å²) in [5, 5.41) is 6.16. The van der Waals surface area contributed by atoms with Crippen LogP contribution in [0.15, 0.2) is 52.1 Å². The molecular weight excluding hydrogens is 511 g/mol. The first-order chi connectivity index (χ1) is 14.6. The fourth-order valence-electron chi connectivity index (χ4n) is 3.41. The molecule has 1 aliphatic heterocycles. The summed E-state index contributed by atoms with van der Waals surface area (Å²) >= 11 is 0. The van der Waals surface area contributed by atoms with Gasteiger partial charge in [0.05, 0.1) is 18.8 Å². The van der Waals surface area contributed by atoms with E-state index in [4.69, 9.17) is 9.15 Å². The molecule has 2 aromatic rings. The quantitative estimate of drug-likeness (QED) is 0.252. The lowest BCUT2D eigenvalue weighted by atomic mass is 9.97. The van der Waals surface area contributed by atoms with E-state index in [1.54, 1.807) is 19.2 Å². The zero-order chi connectivity index (χ0) is 21.3. The number of amides is 1. The van der Waals surface area contributed by atoms with Crippen LogP contribution in [0.25, 0.3) is 0 Å². The molecule has 0 bridgehead atoms. The van der Waals surface area contributed by atoms with Crippen molar-refractivity contribution in [2.75, 3.05) is 32.1 Å². The molecule has 31 heavy (non-hydrogen) atoms. The van der Waals surface area contributed by atoms with Gasteiger partial charge in [-0.2, -0.15) is 0 Å². The van der Waals surface area contributed by atoms with E-state index < -0.39 is 0 Å². The number of piperidine rings is 1. The number of ether oxygens (including phenoxy) is 1. The van der Waals surface area contributed by atoms with Crippen LogP contribution in [0.2, 0.25) is 0 Å². The Kier molecular flexibility index (Phi) is 9.83. The van der Waals surface area contributed by atoms with Gasteiger partial charge >= 0.3 is 5.97 Å². The summed E-state index contributed by atoms with van der Waals surface area (Å²) in [6.07, 6.45) is 3.00. The van der Waals surface area contributed by atoms with Crippen molar-refractivity contribution in [3.8, 4) is 0 Å². The van der Waals surface area contributed by atoms with Crippen LogP contribution in [-0.2, 0) is 16.1 Å². The van der Waals surface area contributed by atoms with E-state index in [2.05, 4.69) is 20.5 Å². The van der Waals surface area contributed by atoms with Crippen molar-refractivity contribution in [1.29, 1.82) is 0 Å². The maximum atomic E-state index is 12.0. The number of nitrogens with one attached hydrogen (secondary N) is 2. The van der Waals surface area contributed by atoms with Crippen molar-refractivity contribution in [3.63, 3.8) is 0 Å². The lowest BCUT2D eigenvalue weighted by molar-refractivity contribution is -0.149. The van der Waals surface area contributed by atoms with E-state index in [1.165, 1.54) is 6.26 Å². The molecule has 2 heterocycles. The molecule has 0 radical (unpaired) electrons. The second-order valence-corrected chi connectivity index (χ2v) is 7.04. The minimum atomic E-state index is -0.280. The first-order valence-corrected chi connectivity index (χ1v) is 10.2. The molecule has 0 atom stereocenters. The maximum absolute atomic E-state index is 12.0. The van der Waals surface area contributed by atoms with Gasteiger partial charge in [0.15, 0.2) is 11.7 Å². The number of hydrogen-bond donors (Lipinski definition) is 2.